The predicted octanol–water partition coefficient (Wildman–Crippen LogP) is 5.40. The lowest BCUT2D eigenvalue weighted by Gasteiger charge is -2.11. The summed E-state index contributed by atoms with van der Waals surface area (Å²) < 4.78 is 6.68. The van der Waals surface area contributed by atoms with E-state index in [9.17, 15) is 9.90 Å². The first-order valence-electron chi connectivity index (χ1n) is 8.97. The van der Waals surface area contributed by atoms with Crippen molar-refractivity contribution in [1.29, 1.82) is 0 Å². The number of aryl methyl sites for hydroxylation is 1. The summed E-state index contributed by atoms with van der Waals surface area (Å²) >= 11 is 8.58. The Morgan fingerprint density at radius 3 is 2.63 bits per heavy atom. The van der Waals surface area contributed by atoms with Gasteiger partial charge < -0.3 is 14.8 Å². The molecule has 0 aliphatic rings. The van der Waals surface area contributed by atoms with Gasteiger partial charge in [0.15, 0.2) is 10.7 Å². The van der Waals surface area contributed by atoms with Crippen molar-refractivity contribution in [2.45, 2.75) is 6.92 Å². The van der Waals surface area contributed by atoms with Gasteiger partial charge >= 0.3 is 0 Å². The fourth-order valence-corrected chi connectivity index (χ4v) is 3.35. The predicted molar refractivity (Wildman–Crippen MR) is 124 cm³/mol. The second-order valence-electron chi connectivity index (χ2n) is 6.64. The standard InChI is InChI=1S/C22H16BrN3O3S/c1-12-2-8-17-19(10-12)29-21(25-17)16-11-15(7-9-18(16)27)24-22(30)26-20(28)13-3-5-14(23)6-4-13/h2-11,27H,1H3,(H2,24,26,28,30). The van der Waals surface area contributed by atoms with Crippen molar-refractivity contribution in [3.8, 4) is 17.2 Å². The number of rotatable bonds is 3. The van der Waals surface area contributed by atoms with E-state index >= 15 is 0 Å². The first-order chi connectivity index (χ1) is 14.4. The van der Waals surface area contributed by atoms with Gasteiger partial charge in [0, 0.05) is 15.7 Å². The van der Waals surface area contributed by atoms with Crippen LogP contribution in [0.3, 0.4) is 0 Å². The van der Waals surface area contributed by atoms with Gasteiger partial charge in [-0.2, -0.15) is 0 Å². The van der Waals surface area contributed by atoms with E-state index in [1.165, 1.54) is 6.07 Å². The second kappa shape index (κ2) is 8.25. The molecular formula is C22H16BrN3O3S. The molecule has 0 saturated heterocycles. The Morgan fingerprint density at radius 2 is 1.87 bits per heavy atom. The van der Waals surface area contributed by atoms with Gasteiger partial charge in [-0.15, -0.1) is 0 Å². The van der Waals surface area contributed by atoms with Crippen molar-refractivity contribution in [3.63, 3.8) is 0 Å². The van der Waals surface area contributed by atoms with Gasteiger partial charge in [0.2, 0.25) is 5.89 Å². The van der Waals surface area contributed by atoms with Crippen LogP contribution in [0.25, 0.3) is 22.6 Å². The monoisotopic (exact) mass is 481 g/mol. The number of aromatic nitrogens is 1. The van der Waals surface area contributed by atoms with Crippen molar-refractivity contribution >= 4 is 56.0 Å². The van der Waals surface area contributed by atoms with E-state index < -0.39 is 0 Å². The molecule has 0 bridgehead atoms. The zero-order valence-corrected chi connectivity index (χ0v) is 18.2. The average Bonchev–Trinajstić information content (AvgIpc) is 3.12. The van der Waals surface area contributed by atoms with Gasteiger partial charge in [-0.3, -0.25) is 10.1 Å². The molecule has 1 aromatic heterocycles. The number of thiocarbonyl (C=S) groups is 1. The lowest BCUT2D eigenvalue weighted by atomic mass is 10.1. The van der Waals surface area contributed by atoms with Crippen LogP contribution in [-0.2, 0) is 0 Å². The lowest BCUT2D eigenvalue weighted by molar-refractivity contribution is 0.0977. The highest BCUT2D eigenvalue weighted by atomic mass is 79.9. The van der Waals surface area contributed by atoms with E-state index in [0.717, 1.165) is 10.0 Å². The zero-order chi connectivity index (χ0) is 21.3. The Kier molecular flexibility index (Phi) is 5.52. The first kappa shape index (κ1) is 20.1. The minimum absolute atomic E-state index is 0.0219. The number of hydrogen-bond donors (Lipinski definition) is 3. The van der Waals surface area contributed by atoms with Gasteiger partial charge in [0.25, 0.3) is 5.91 Å². The van der Waals surface area contributed by atoms with E-state index in [1.54, 1.807) is 36.4 Å². The normalized spacial score (nSPS) is 10.7. The third kappa shape index (κ3) is 4.34. The van der Waals surface area contributed by atoms with Crippen LogP contribution >= 0.6 is 28.1 Å². The van der Waals surface area contributed by atoms with E-state index in [-0.39, 0.29) is 16.8 Å². The molecule has 1 amide bonds. The summed E-state index contributed by atoms with van der Waals surface area (Å²) in [5.41, 5.74) is 3.86. The van der Waals surface area contributed by atoms with Gasteiger partial charge in [-0.25, -0.2) is 4.98 Å². The maximum Gasteiger partial charge on any atom is 0.257 e. The molecule has 0 aliphatic carbocycles. The molecule has 3 N–H and O–H groups in total. The number of benzene rings is 3. The van der Waals surface area contributed by atoms with Crippen LogP contribution < -0.4 is 10.6 Å². The van der Waals surface area contributed by atoms with Crippen molar-refractivity contribution in [2.75, 3.05) is 5.32 Å². The van der Waals surface area contributed by atoms with Crippen LogP contribution in [0, 0.1) is 6.92 Å². The number of nitrogens with zero attached hydrogens (tertiary/aromatic N) is 1. The molecule has 0 saturated carbocycles. The highest BCUT2D eigenvalue weighted by Gasteiger charge is 2.14. The molecule has 1 heterocycles. The summed E-state index contributed by atoms with van der Waals surface area (Å²) in [6.45, 7) is 1.97. The lowest BCUT2D eigenvalue weighted by Crippen LogP contribution is -2.34. The average molecular weight is 482 g/mol. The minimum atomic E-state index is -0.326. The molecule has 0 spiro atoms. The highest BCUT2D eigenvalue weighted by Crippen LogP contribution is 2.33. The molecule has 6 nitrogen and oxygen atoms in total. The smallest absolute Gasteiger partial charge is 0.257 e. The fourth-order valence-electron chi connectivity index (χ4n) is 2.87. The number of carbonyl (C=O) groups excluding carboxylic acids is 1. The summed E-state index contributed by atoms with van der Waals surface area (Å²) in [4.78, 5) is 16.7. The fraction of sp³-hybridized carbons (Fsp3) is 0.0455. The largest absolute Gasteiger partial charge is 0.507 e. The molecular weight excluding hydrogens is 466 g/mol. The van der Waals surface area contributed by atoms with Crippen LogP contribution in [0.15, 0.2) is 69.6 Å². The number of phenolic OH excluding ortho intramolecular Hbond substituents is 1. The van der Waals surface area contributed by atoms with Gasteiger partial charge in [-0.1, -0.05) is 22.0 Å². The number of nitrogens with one attached hydrogen (secondary N) is 2. The van der Waals surface area contributed by atoms with Crippen LogP contribution in [0.5, 0.6) is 5.75 Å². The van der Waals surface area contributed by atoms with Gasteiger partial charge in [0.1, 0.15) is 11.3 Å². The quantitative estimate of drug-likeness (QED) is 0.268. The Morgan fingerprint density at radius 1 is 1.10 bits per heavy atom. The molecule has 3 aromatic carbocycles. The van der Waals surface area contributed by atoms with E-state index in [0.29, 0.717) is 33.8 Å². The van der Waals surface area contributed by atoms with Crippen LogP contribution in [-0.4, -0.2) is 21.1 Å². The number of hydrogen-bond acceptors (Lipinski definition) is 5. The zero-order valence-electron chi connectivity index (χ0n) is 15.8. The van der Waals surface area contributed by atoms with Crippen molar-refractivity contribution < 1.29 is 14.3 Å². The number of fused-ring (bicyclic) bond motifs is 1. The molecule has 0 fully saturated rings. The summed E-state index contributed by atoms with van der Waals surface area (Å²) in [6, 6.07) is 17.4. The molecule has 4 rings (SSSR count). The van der Waals surface area contributed by atoms with Crippen molar-refractivity contribution in [1.82, 2.24) is 10.3 Å². The Bertz CT molecular complexity index is 1270. The number of carbonyl (C=O) groups is 1. The molecule has 0 atom stereocenters. The first-order valence-corrected chi connectivity index (χ1v) is 10.2. The molecule has 0 unspecified atom stereocenters. The number of anilines is 1. The third-order valence-electron chi connectivity index (χ3n) is 4.36. The molecule has 0 radical (unpaired) electrons. The van der Waals surface area contributed by atoms with Gasteiger partial charge in [0.05, 0.1) is 5.56 Å². The number of phenols is 1. The van der Waals surface area contributed by atoms with Crippen molar-refractivity contribution in [3.05, 3.63) is 76.3 Å². The Hall–Kier alpha value is -3.23. The molecule has 8 heteroatoms. The van der Waals surface area contributed by atoms with Crippen molar-refractivity contribution in [2.24, 2.45) is 0 Å². The SMILES string of the molecule is Cc1ccc2nc(-c3cc(NC(=S)NC(=O)c4ccc(Br)cc4)ccc3O)oc2c1. The summed E-state index contributed by atoms with van der Waals surface area (Å²) in [5, 5.41) is 16.0. The number of oxazole rings is 1. The van der Waals surface area contributed by atoms with Crippen LogP contribution in [0.4, 0.5) is 5.69 Å². The topological polar surface area (TPSA) is 87.4 Å². The van der Waals surface area contributed by atoms with E-state index in [4.69, 9.17) is 16.6 Å². The van der Waals surface area contributed by atoms with E-state index in [1.807, 2.05) is 25.1 Å². The van der Waals surface area contributed by atoms with Gasteiger partial charge in [-0.05, 0) is 79.3 Å². The van der Waals surface area contributed by atoms with Crippen LogP contribution in [0.1, 0.15) is 15.9 Å². The molecule has 0 aliphatic heterocycles. The summed E-state index contributed by atoms with van der Waals surface area (Å²) in [7, 11) is 0. The third-order valence-corrected chi connectivity index (χ3v) is 5.10. The number of amides is 1. The molecule has 30 heavy (non-hydrogen) atoms. The summed E-state index contributed by atoms with van der Waals surface area (Å²) in [5.74, 6) is -0.0106. The molecule has 150 valence electrons. The Labute approximate surface area is 186 Å². The Balaban J connectivity index is 1.53. The highest BCUT2D eigenvalue weighted by molar-refractivity contribution is 9.10. The number of aromatic hydroxyl groups is 1. The van der Waals surface area contributed by atoms with E-state index in [2.05, 4.69) is 31.5 Å². The maximum absolute atomic E-state index is 12.3. The van der Waals surface area contributed by atoms with Crippen LogP contribution in [0.2, 0.25) is 0 Å². The molecule has 4 aromatic rings. The minimum Gasteiger partial charge on any atom is -0.507 e. The maximum atomic E-state index is 12.3. The second-order valence-corrected chi connectivity index (χ2v) is 7.96. The number of halogens is 1. The summed E-state index contributed by atoms with van der Waals surface area (Å²) in [6.07, 6.45) is 0.